The number of aromatic nitrogens is 1. The standard InChI is InChI=1S/C20H26FN7OS/c1-25-18(28-9-4-5-12(23)8-10-28)15(11-22)26-19(29)16-17(24)30-20(27-16)13-6-2-3-7-14(13)21/h2-3,6-7,11-12H,4-5,8-10,22-24H2,1H3,(H,26,29)/b15-11+,25-18?/t12-/m0/s1. The molecule has 1 fully saturated rings. The van der Waals surface area contributed by atoms with Crippen LogP contribution in [0.5, 0.6) is 0 Å². The highest BCUT2D eigenvalue weighted by Gasteiger charge is 2.24. The summed E-state index contributed by atoms with van der Waals surface area (Å²) in [6.45, 7) is 1.49. The van der Waals surface area contributed by atoms with Crippen molar-refractivity contribution >= 4 is 28.1 Å². The van der Waals surface area contributed by atoms with Crippen molar-refractivity contribution in [3.05, 3.63) is 47.7 Å². The van der Waals surface area contributed by atoms with E-state index in [0.717, 1.165) is 43.7 Å². The van der Waals surface area contributed by atoms with Crippen LogP contribution in [0.15, 0.2) is 41.2 Å². The van der Waals surface area contributed by atoms with E-state index >= 15 is 0 Å². The number of nitrogens with zero attached hydrogens (tertiary/aromatic N) is 3. The zero-order valence-electron chi connectivity index (χ0n) is 16.8. The van der Waals surface area contributed by atoms with E-state index in [4.69, 9.17) is 17.2 Å². The van der Waals surface area contributed by atoms with Gasteiger partial charge in [-0.15, -0.1) is 0 Å². The van der Waals surface area contributed by atoms with E-state index in [1.54, 1.807) is 25.2 Å². The minimum absolute atomic E-state index is 0.0194. The maximum atomic E-state index is 14.1. The van der Waals surface area contributed by atoms with E-state index < -0.39 is 11.7 Å². The Labute approximate surface area is 178 Å². The molecule has 0 aliphatic carbocycles. The highest BCUT2D eigenvalue weighted by Crippen LogP contribution is 2.31. The SMILES string of the molecule is CN=C(/C(=C\N)NC(=O)c1nc(-c2ccccc2F)sc1N)N1CCC[C@H](N)CC1. The van der Waals surface area contributed by atoms with Crippen LogP contribution in [0.2, 0.25) is 0 Å². The average Bonchev–Trinajstić information content (AvgIpc) is 2.99. The zero-order chi connectivity index (χ0) is 21.7. The molecular weight excluding hydrogens is 405 g/mol. The summed E-state index contributed by atoms with van der Waals surface area (Å²) >= 11 is 1.05. The third kappa shape index (κ3) is 4.77. The van der Waals surface area contributed by atoms with Gasteiger partial charge in [-0.05, 0) is 31.4 Å². The van der Waals surface area contributed by atoms with Crippen LogP contribution in [0.25, 0.3) is 10.6 Å². The summed E-state index contributed by atoms with van der Waals surface area (Å²) in [5.41, 5.74) is 18.5. The van der Waals surface area contributed by atoms with Gasteiger partial charge < -0.3 is 27.4 Å². The number of nitrogen functional groups attached to an aromatic ring is 1. The first-order valence-electron chi connectivity index (χ1n) is 9.66. The summed E-state index contributed by atoms with van der Waals surface area (Å²) in [5, 5.41) is 3.27. The molecule has 1 amide bonds. The Bertz CT molecular complexity index is 972. The van der Waals surface area contributed by atoms with Gasteiger partial charge in [0.1, 0.15) is 21.7 Å². The highest BCUT2D eigenvalue weighted by atomic mass is 32.1. The normalized spacial score (nSPS) is 18.2. The molecule has 2 heterocycles. The first-order chi connectivity index (χ1) is 14.4. The van der Waals surface area contributed by atoms with Crippen molar-refractivity contribution < 1.29 is 9.18 Å². The number of carbonyl (C=O) groups is 1. The summed E-state index contributed by atoms with van der Waals surface area (Å²) in [6, 6.07) is 6.36. The Morgan fingerprint density at radius 1 is 1.37 bits per heavy atom. The van der Waals surface area contributed by atoms with E-state index in [9.17, 15) is 9.18 Å². The molecule has 0 bridgehead atoms. The number of hydrogen-bond donors (Lipinski definition) is 4. The number of amides is 1. The Morgan fingerprint density at radius 2 is 2.13 bits per heavy atom. The number of halogens is 1. The number of anilines is 1. The molecule has 3 rings (SSSR count). The Hall–Kier alpha value is -2.98. The Kier molecular flexibility index (Phi) is 7.01. The summed E-state index contributed by atoms with van der Waals surface area (Å²) in [6.07, 6.45) is 3.99. The number of nitrogens with two attached hydrogens (primary N) is 3. The van der Waals surface area contributed by atoms with Crippen molar-refractivity contribution in [3.63, 3.8) is 0 Å². The first kappa shape index (κ1) is 21.7. The third-order valence-corrected chi connectivity index (χ3v) is 5.83. The van der Waals surface area contributed by atoms with Crippen LogP contribution in [0.4, 0.5) is 9.39 Å². The van der Waals surface area contributed by atoms with Crippen molar-refractivity contribution in [1.29, 1.82) is 0 Å². The van der Waals surface area contributed by atoms with Gasteiger partial charge >= 0.3 is 0 Å². The minimum Gasteiger partial charge on any atom is -0.403 e. The number of benzene rings is 1. The van der Waals surface area contributed by atoms with Crippen molar-refractivity contribution in [2.24, 2.45) is 16.5 Å². The molecule has 1 aromatic heterocycles. The fourth-order valence-corrected chi connectivity index (χ4v) is 4.22. The fourth-order valence-electron chi connectivity index (χ4n) is 3.36. The van der Waals surface area contributed by atoms with E-state index in [1.165, 1.54) is 12.3 Å². The molecule has 0 spiro atoms. The number of rotatable bonds is 4. The number of likely N-dealkylation sites (tertiary alicyclic amines) is 1. The lowest BCUT2D eigenvalue weighted by molar-refractivity contribution is 0.0964. The van der Waals surface area contributed by atoms with Gasteiger partial charge in [0.05, 0.1) is 5.70 Å². The van der Waals surface area contributed by atoms with Gasteiger partial charge in [-0.25, -0.2) is 9.37 Å². The second-order valence-electron chi connectivity index (χ2n) is 6.97. The molecule has 0 radical (unpaired) electrons. The molecule has 0 saturated carbocycles. The molecule has 1 aliphatic rings. The third-order valence-electron chi connectivity index (χ3n) is 4.91. The van der Waals surface area contributed by atoms with Gasteiger partial charge in [0, 0.05) is 37.9 Å². The number of hydrogen-bond acceptors (Lipinski definition) is 7. The summed E-state index contributed by atoms with van der Waals surface area (Å²) < 4.78 is 14.1. The van der Waals surface area contributed by atoms with E-state index in [-0.39, 0.29) is 16.7 Å². The predicted molar refractivity (Wildman–Crippen MR) is 118 cm³/mol. The summed E-state index contributed by atoms with van der Waals surface area (Å²) in [5.74, 6) is -0.390. The molecule has 8 nitrogen and oxygen atoms in total. The number of carbonyl (C=O) groups excluding carboxylic acids is 1. The van der Waals surface area contributed by atoms with Crippen LogP contribution >= 0.6 is 11.3 Å². The van der Waals surface area contributed by atoms with Gasteiger partial charge in [0.15, 0.2) is 5.69 Å². The van der Waals surface area contributed by atoms with Crippen LogP contribution in [-0.2, 0) is 0 Å². The summed E-state index contributed by atoms with van der Waals surface area (Å²) in [7, 11) is 1.64. The molecule has 30 heavy (non-hydrogen) atoms. The number of thiazole rings is 1. The molecule has 2 aromatic rings. The van der Waals surface area contributed by atoms with Crippen molar-refractivity contribution in [3.8, 4) is 10.6 Å². The van der Waals surface area contributed by atoms with E-state index in [1.807, 2.05) is 0 Å². The van der Waals surface area contributed by atoms with Gasteiger partial charge in [0.25, 0.3) is 5.91 Å². The van der Waals surface area contributed by atoms with Crippen LogP contribution in [0.1, 0.15) is 29.8 Å². The Balaban J connectivity index is 1.79. The van der Waals surface area contributed by atoms with Crippen molar-refractivity contribution in [1.82, 2.24) is 15.2 Å². The van der Waals surface area contributed by atoms with Crippen molar-refractivity contribution in [2.75, 3.05) is 25.9 Å². The van der Waals surface area contributed by atoms with E-state index in [0.29, 0.717) is 22.1 Å². The molecule has 1 saturated heterocycles. The topological polar surface area (TPSA) is 136 Å². The average molecular weight is 432 g/mol. The van der Waals surface area contributed by atoms with Crippen LogP contribution in [0, 0.1) is 5.82 Å². The largest absolute Gasteiger partial charge is 0.403 e. The van der Waals surface area contributed by atoms with Crippen LogP contribution in [-0.4, -0.2) is 47.8 Å². The van der Waals surface area contributed by atoms with Gasteiger partial charge in [-0.2, -0.15) is 0 Å². The van der Waals surface area contributed by atoms with Crippen molar-refractivity contribution in [2.45, 2.75) is 25.3 Å². The van der Waals surface area contributed by atoms with Crippen LogP contribution in [0.3, 0.4) is 0 Å². The maximum absolute atomic E-state index is 14.1. The molecular formula is C20H26FN7OS. The number of nitrogens with one attached hydrogen (secondary N) is 1. The lowest BCUT2D eigenvalue weighted by atomic mass is 10.1. The zero-order valence-corrected chi connectivity index (χ0v) is 17.6. The van der Waals surface area contributed by atoms with Gasteiger partial charge in [-0.1, -0.05) is 23.5 Å². The molecule has 10 heteroatoms. The van der Waals surface area contributed by atoms with Crippen LogP contribution < -0.4 is 22.5 Å². The maximum Gasteiger partial charge on any atom is 0.277 e. The molecule has 0 unspecified atom stereocenters. The van der Waals surface area contributed by atoms with Gasteiger partial charge in [0.2, 0.25) is 0 Å². The predicted octanol–water partition coefficient (Wildman–Crippen LogP) is 1.90. The van der Waals surface area contributed by atoms with Gasteiger partial charge in [-0.3, -0.25) is 9.79 Å². The minimum atomic E-state index is -0.532. The fraction of sp³-hybridized carbons (Fsp3) is 0.350. The Morgan fingerprint density at radius 3 is 2.83 bits per heavy atom. The monoisotopic (exact) mass is 431 g/mol. The lowest BCUT2D eigenvalue weighted by Crippen LogP contribution is -2.40. The smallest absolute Gasteiger partial charge is 0.277 e. The van der Waals surface area contributed by atoms with E-state index in [2.05, 4.69) is 20.2 Å². The molecule has 1 aromatic carbocycles. The quantitative estimate of drug-likeness (QED) is 0.431. The molecule has 160 valence electrons. The first-order valence-corrected chi connectivity index (χ1v) is 10.5. The highest BCUT2D eigenvalue weighted by molar-refractivity contribution is 7.19. The second-order valence-corrected chi connectivity index (χ2v) is 8.00. The number of amidine groups is 1. The second kappa shape index (κ2) is 9.68. The lowest BCUT2D eigenvalue weighted by Gasteiger charge is -2.25. The molecule has 7 N–H and O–H groups in total. The number of aliphatic imine (C=N–C) groups is 1. The summed E-state index contributed by atoms with van der Waals surface area (Å²) in [4.78, 5) is 23.5. The molecule has 1 atom stereocenters. The molecule has 1 aliphatic heterocycles.